The van der Waals surface area contributed by atoms with Gasteiger partial charge in [0.1, 0.15) is 5.75 Å². The number of aromatic nitrogens is 3. The lowest BCUT2D eigenvalue weighted by Gasteiger charge is -2.12. The average Bonchev–Trinajstić information content (AvgIpc) is 3.19. The van der Waals surface area contributed by atoms with Crippen molar-refractivity contribution in [2.24, 2.45) is 0 Å². The van der Waals surface area contributed by atoms with E-state index in [4.69, 9.17) is 0 Å². The molecule has 0 aliphatic heterocycles. The first-order valence-corrected chi connectivity index (χ1v) is 11.2. The van der Waals surface area contributed by atoms with Crippen LogP contribution in [0, 0.1) is 13.8 Å². The number of nitrogens with one attached hydrogen (secondary N) is 1. The van der Waals surface area contributed by atoms with Crippen molar-refractivity contribution in [1.82, 2.24) is 14.8 Å². The topological polar surface area (TPSA) is 80.0 Å². The summed E-state index contributed by atoms with van der Waals surface area (Å²) in [4.78, 5) is 12.6. The molecule has 0 radical (unpaired) electrons. The van der Waals surface area contributed by atoms with Crippen LogP contribution in [0.5, 0.6) is 5.75 Å². The van der Waals surface area contributed by atoms with Gasteiger partial charge in [0.25, 0.3) is 0 Å². The highest BCUT2D eigenvalue weighted by molar-refractivity contribution is 7.99. The molecule has 1 heterocycles. The summed E-state index contributed by atoms with van der Waals surface area (Å²) in [5, 5.41) is 22.0. The molecule has 0 aliphatic rings. The molecule has 0 unspecified atom stereocenters. The summed E-state index contributed by atoms with van der Waals surface area (Å²) in [6.07, 6.45) is 0. The first-order valence-electron chi connectivity index (χ1n) is 10.3. The minimum atomic E-state index is -0.0934. The van der Waals surface area contributed by atoms with E-state index in [1.165, 1.54) is 11.8 Å². The highest BCUT2D eigenvalue weighted by atomic mass is 32.2. The lowest BCUT2D eigenvalue weighted by Crippen LogP contribution is -2.15. The fourth-order valence-electron chi connectivity index (χ4n) is 3.33. The molecular formula is C25H24N4O2S. The lowest BCUT2D eigenvalue weighted by molar-refractivity contribution is -0.113. The summed E-state index contributed by atoms with van der Waals surface area (Å²) >= 11 is 1.35. The summed E-state index contributed by atoms with van der Waals surface area (Å²) in [6.45, 7) is 4.60. The van der Waals surface area contributed by atoms with Gasteiger partial charge in [-0.25, -0.2) is 0 Å². The number of thioether (sulfide) groups is 1. The summed E-state index contributed by atoms with van der Waals surface area (Å²) in [5.74, 6) is 1.01. The number of benzene rings is 3. The van der Waals surface area contributed by atoms with Crippen molar-refractivity contribution in [1.29, 1.82) is 0 Å². The number of rotatable bonds is 7. The van der Waals surface area contributed by atoms with Crippen LogP contribution in [0.2, 0.25) is 0 Å². The Labute approximate surface area is 191 Å². The minimum Gasteiger partial charge on any atom is -0.508 e. The lowest BCUT2D eigenvalue weighted by atomic mass is 10.1. The van der Waals surface area contributed by atoms with E-state index in [0.29, 0.717) is 17.5 Å². The number of hydrogen-bond acceptors (Lipinski definition) is 5. The van der Waals surface area contributed by atoms with Gasteiger partial charge in [0, 0.05) is 11.3 Å². The zero-order chi connectivity index (χ0) is 22.5. The van der Waals surface area contributed by atoms with Gasteiger partial charge in [-0.1, -0.05) is 54.2 Å². The third-order valence-corrected chi connectivity index (χ3v) is 6.20. The first-order chi connectivity index (χ1) is 15.5. The summed E-state index contributed by atoms with van der Waals surface area (Å²) < 4.78 is 2.00. The second-order valence-corrected chi connectivity index (χ2v) is 8.45. The molecular weight excluding hydrogens is 420 g/mol. The van der Waals surface area contributed by atoms with Gasteiger partial charge >= 0.3 is 0 Å². The SMILES string of the molecule is Cc1cccc(NC(=O)CSc2nnc(-c3ccc(O)cc3)n2Cc2ccccc2)c1C. The second kappa shape index (κ2) is 9.70. The first kappa shape index (κ1) is 21.6. The molecule has 0 saturated carbocycles. The van der Waals surface area contributed by atoms with Crippen LogP contribution in [0.3, 0.4) is 0 Å². The molecule has 6 nitrogen and oxygen atoms in total. The Morgan fingerprint density at radius 1 is 0.969 bits per heavy atom. The molecule has 4 rings (SSSR count). The van der Waals surface area contributed by atoms with Gasteiger partial charge in [0.05, 0.1) is 12.3 Å². The fraction of sp³-hybridized carbons (Fsp3) is 0.160. The molecule has 1 amide bonds. The largest absolute Gasteiger partial charge is 0.508 e. The van der Waals surface area contributed by atoms with Crippen LogP contribution in [-0.4, -0.2) is 31.5 Å². The number of anilines is 1. The van der Waals surface area contributed by atoms with E-state index in [1.54, 1.807) is 12.1 Å². The molecule has 0 saturated heterocycles. The highest BCUT2D eigenvalue weighted by Gasteiger charge is 2.17. The second-order valence-electron chi connectivity index (χ2n) is 7.51. The van der Waals surface area contributed by atoms with Crippen LogP contribution in [0.4, 0.5) is 5.69 Å². The summed E-state index contributed by atoms with van der Waals surface area (Å²) in [7, 11) is 0. The fourth-order valence-corrected chi connectivity index (χ4v) is 4.07. The van der Waals surface area contributed by atoms with Gasteiger partial charge in [-0.2, -0.15) is 0 Å². The number of aromatic hydroxyl groups is 1. The molecule has 0 aliphatic carbocycles. The minimum absolute atomic E-state index is 0.0934. The van der Waals surface area contributed by atoms with E-state index in [9.17, 15) is 9.90 Å². The van der Waals surface area contributed by atoms with E-state index in [-0.39, 0.29) is 17.4 Å². The summed E-state index contributed by atoms with van der Waals surface area (Å²) in [6, 6.07) is 22.8. The number of phenols is 1. The summed E-state index contributed by atoms with van der Waals surface area (Å²) in [5.41, 5.74) is 4.97. The third-order valence-electron chi connectivity index (χ3n) is 5.24. The van der Waals surface area contributed by atoms with Crippen LogP contribution in [0.15, 0.2) is 78.0 Å². The molecule has 162 valence electrons. The zero-order valence-corrected chi connectivity index (χ0v) is 18.8. The molecule has 0 bridgehead atoms. The van der Waals surface area contributed by atoms with Gasteiger partial charge in [-0.15, -0.1) is 10.2 Å². The third kappa shape index (κ3) is 5.00. The van der Waals surface area contributed by atoms with Gasteiger partial charge in [0.2, 0.25) is 5.91 Å². The maximum atomic E-state index is 12.6. The molecule has 2 N–H and O–H groups in total. The molecule has 0 spiro atoms. The van der Waals surface area contributed by atoms with Crippen molar-refractivity contribution < 1.29 is 9.90 Å². The van der Waals surface area contributed by atoms with E-state index < -0.39 is 0 Å². The van der Waals surface area contributed by atoms with Crippen LogP contribution in [0.25, 0.3) is 11.4 Å². The average molecular weight is 445 g/mol. The Bertz CT molecular complexity index is 1220. The highest BCUT2D eigenvalue weighted by Crippen LogP contribution is 2.27. The molecule has 3 aromatic carbocycles. The van der Waals surface area contributed by atoms with E-state index in [1.807, 2.05) is 79.1 Å². The van der Waals surface area contributed by atoms with E-state index >= 15 is 0 Å². The van der Waals surface area contributed by atoms with Crippen LogP contribution in [0.1, 0.15) is 16.7 Å². The molecule has 7 heteroatoms. The number of nitrogens with zero attached hydrogens (tertiary/aromatic N) is 3. The number of carbonyl (C=O) groups is 1. The number of carbonyl (C=O) groups excluding carboxylic acids is 1. The Morgan fingerprint density at radius 2 is 1.72 bits per heavy atom. The maximum Gasteiger partial charge on any atom is 0.234 e. The van der Waals surface area contributed by atoms with E-state index in [2.05, 4.69) is 15.5 Å². The predicted octanol–water partition coefficient (Wildman–Crippen LogP) is 5.05. The van der Waals surface area contributed by atoms with Crippen molar-refractivity contribution in [2.75, 3.05) is 11.1 Å². The maximum absolute atomic E-state index is 12.6. The molecule has 0 fully saturated rings. The van der Waals surface area contributed by atoms with Gasteiger partial charge in [-0.05, 0) is 60.9 Å². The van der Waals surface area contributed by atoms with Gasteiger partial charge in [-0.3, -0.25) is 9.36 Å². The van der Waals surface area contributed by atoms with E-state index in [0.717, 1.165) is 27.9 Å². The number of phenolic OH excluding ortho intramolecular Hbond substituents is 1. The quantitative estimate of drug-likeness (QED) is 0.390. The van der Waals surface area contributed by atoms with Crippen molar-refractivity contribution in [3.05, 3.63) is 89.5 Å². The number of amides is 1. The number of hydrogen-bond donors (Lipinski definition) is 2. The molecule has 1 aromatic heterocycles. The monoisotopic (exact) mass is 444 g/mol. The Kier molecular flexibility index (Phi) is 6.56. The van der Waals surface area contributed by atoms with Crippen LogP contribution < -0.4 is 5.32 Å². The number of aryl methyl sites for hydroxylation is 1. The van der Waals surface area contributed by atoms with Crippen LogP contribution >= 0.6 is 11.8 Å². The predicted molar refractivity (Wildman–Crippen MR) is 128 cm³/mol. The van der Waals surface area contributed by atoms with Crippen molar-refractivity contribution in [3.63, 3.8) is 0 Å². The van der Waals surface area contributed by atoms with Crippen molar-refractivity contribution in [2.45, 2.75) is 25.5 Å². The van der Waals surface area contributed by atoms with Gasteiger partial charge < -0.3 is 10.4 Å². The molecule has 4 aromatic rings. The normalized spacial score (nSPS) is 10.8. The van der Waals surface area contributed by atoms with Crippen LogP contribution in [-0.2, 0) is 11.3 Å². The molecule has 32 heavy (non-hydrogen) atoms. The zero-order valence-electron chi connectivity index (χ0n) is 17.9. The molecule has 0 atom stereocenters. The Morgan fingerprint density at radius 3 is 2.47 bits per heavy atom. The van der Waals surface area contributed by atoms with Crippen molar-refractivity contribution in [3.8, 4) is 17.1 Å². The Hall–Kier alpha value is -3.58. The smallest absolute Gasteiger partial charge is 0.234 e. The van der Waals surface area contributed by atoms with Crippen molar-refractivity contribution >= 4 is 23.4 Å². The van der Waals surface area contributed by atoms with Gasteiger partial charge in [0.15, 0.2) is 11.0 Å². The Balaban J connectivity index is 1.55. The standard InChI is InChI=1S/C25H24N4O2S/c1-17-7-6-10-22(18(17)2)26-23(31)16-32-25-28-27-24(20-11-13-21(30)14-12-20)29(25)15-19-8-4-3-5-9-19/h3-14,30H,15-16H2,1-2H3,(H,26,31).